The van der Waals surface area contributed by atoms with E-state index < -0.39 is 0 Å². The molecule has 0 amide bonds. The molecule has 0 unspecified atom stereocenters. The van der Waals surface area contributed by atoms with Crippen molar-refractivity contribution >= 4 is 65.2 Å². The number of aryl methyl sites for hydroxylation is 1. The van der Waals surface area contributed by atoms with Crippen molar-refractivity contribution in [2.45, 2.75) is 85.5 Å². The van der Waals surface area contributed by atoms with Crippen molar-refractivity contribution in [3.8, 4) is 0 Å². The van der Waals surface area contributed by atoms with Gasteiger partial charge in [-0.25, -0.2) is 0 Å². The molecule has 2 heteroatoms. The molecule has 0 saturated heterocycles. The minimum absolute atomic E-state index is 0.0449. The smallest absolute Gasteiger partial charge is 0.0624 e. The van der Waals surface area contributed by atoms with Crippen LogP contribution in [0.3, 0.4) is 0 Å². The molecule has 0 spiro atoms. The highest BCUT2D eigenvalue weighted by Crippen LogP contribution is 2.38. The Hall–Kier alpha value is -5.28. The topological polar surface area (TPSA) is 31.6 Å². The average Bonchev–Trinajstić information content (AvgIpc) is 3.54. The number of aromatic nitrogens is 2. The molecule has 3 heterocycles. The molecule has 0 atom stereocenters. The van der Waals surface area contributed by atoms with E-state index in [1.165, 1.54) is 16.7 Å². The molecule has 7 rings (SSSR count). The molecule has 0 saturated carbocycles. The molecule has 3 aromatic heterocycles. The first-order valence-corrected chi connectivity index (χ1v) is 16.4. The zero-order valence-electron chi connectivity index (χ0n) is 29.1. The van der Waals surface area contributed by atoms with E-state index in [4.69, 9.17) is 0 Å². The summed E-state index contributed by atoms with van der Waals surface area (Å²) in [5, 5.41) is 8.36. The summed E-state index contributed by atoms with van der Waals surface area (Å²) in [5.74, 6) is 0. The Balaban J connectivity index is 1.67. The van der Waals surface area contributed by atoms with Crippen LogP contribution in [0.5, 0.6) is 0 Å². The highest BCUT2D eigenvalue weighted by atomic mass is 14.7. The molecular formula is C45H40N2. The lowest BCUT2D eigenvalue weighted by atomic mass is 9.84. The number of nitrogens with one attached hydrogen (secondary N) is 2. The van der Waals surface area contributed by atoms with Gasteiger partial charge in [0.25, 0.3) is 0 Å². The van der Waals surface area contributed by atoms with Gasteiger partial charge in [-0.05, 0) is 118 Å². The van der Waals surface area contributed by atoms with Crippen LogP contribution in [0.15, 0.2) is 48.5 Å². The van der Waals surface area contributed by atoms with E-state index in [2.05, 4.69) is 176 Å². The van der Waals surface area contributed by atoms with E-state index >= 15 is 0 Å². The highest BCUT2D eigenvalue weighted by Gasteiger charge is 2.21. The molecule has 4 aromatic carbocycles. The Morgan fingerprint density at radius 1 is 0.383 bits per heavy atom. The molecule has 0 radical (unpaired) electrons. The summed E-state index contributed by atoms with van der Waals surface area (Å²) in [4.78, 5) is 7.43. The number of hydrogen-bond acceptors (Lipinski definition) is 0. The summed E-state index contributed by atoms with van der Waals surface area (Å²) in [6, 6.07) is 44.5. The minimum Gasteiger partial charge on any atom is -0.352 e. The maximum absolute atomic E-state index is 3.73. The zero-order valence-corrected chi connectivity index (χ0v) is 29.1. The van der Waals surface area contributed by atoms with Crippen molar-refractivity contribution in [1.29, 1.82) is 0 Å². The monoisotopic (exact) mass is 608 g/mol. The molecule has 2 nitrogen and oxygen atoms in total. The first-order chi connectivity index (χ1) is 22.1. The van der Waals surface area contributed by atoms with Crippen molar-refractivity contribution in [2.24, 2.45) is 0 Å². The predicted molar refractivity (Wildman–Crippen MR) is 198 cm³/mol. The van der Waals surface area contributed by atoms with Gasteiger partial charge in [0.15, 0.2) is 0 Å². The Morgan fingerprint density at radius 2 is 0.660 bits per heavy atom. The van der Waals surface area contributed by atoms with Gasteiger partial charge in [-0.2, -0.15) is 0 Å². The van der Waals surface area contributed by atoms with Gasteiger partial charge in [0, 0.05) is 43.1 Å². The van der Waals surface area contributed by atoms with Gasteiger partial charge in [-0.15, -0.1) is 0 Å². The Bertz CT molecular complexity index is 2460. The first kappa shape index (κ1) is 30.4. The first-order valence-electron chi connectivity index (χ1n) is 16.4. The molecule has 0 fully saturated rings. The Labute approximate surface area is 279 Å². The lowest BCUT2D eigenvalue weighted by Gasteiger charge is -2.20. The SMILES string of the molecule is Cc1cc2c#cc#cc3cc(C(C)(C)C)cc4c5cc(C(C)(C)C)cc(c#cc#cc6cc(C(C)(C)C)cc7c(c1)c2[nH]c67)c5[nH]c34. The molecule has 2 N–H and O–H groups in total. The number of fused-ring (bicyclic) bond motifs is 2. The van der Waals surface area contributed by atoms with Crippen LogP contribution in [0.25, 0.3) is 65.2 Å². The van der Waals surface area contributed by atoms with Crippen LogP contribution >= 0.6 is 0 Å². The Kier molecular flexibility index (Phi) is 6.70. The lowest BCUT2D eigenvalue weighted by molar-refractivity contribution is 0.591. The normalized spacial score (nSPS) is 12.2. The van der Waals surface area contributed by atoms with E-state index in [1.54, 1.807) is 0 Å². The van der Waals surface area contributed by atoms with Gasteiger partial charge in [0.2, 0.25) is 0 Å². The van der Waals surface area contributed by atoms with E-state index in [0.29, 0.717) is 0 Å². The van der Waals surface area contributed by atoms with Crippen LogP contribution in [-0.2, 0) is 16.2 Å². The highest BCUT2D eigenvalue weighted by molar-refractivity contribution is 6.18. The number of H-pyrrole nitrogens is 2. The molecule has 0 aliphatic rings. The number of rotatable bonds is 0. The van der Waals surface area contributed by atoms with Crippen LogP contribution in [0.2, 0.25) is 0 Å². The van der Waals surface area contributed by atoms with E-state index in [9.17, 15) is 0 Å². The third-order valence-corrected chi connectivity index (χ3v) is 9.29. The van der Waals surface area contributed by atoms with Crippen LogP contribution in [-0.4, -0.2) is 9.97 Å². The third-order valence-electron chi connectivity index (χ3n) is 9.29. The van der Waals surface area contributed by atoms with Gasteiger partial charge in [0.05, 0.1) is 22.1 Å². The minimum atomic E-state index is -0.0555. The number of benzene rings is 4. The van der Waals surface area contributed by atoms with Gasteiger partial charge in [0.1, 0.15) is 0 Å². The van der Waals surface area contributed by atoms with Gasteiger partial charge >= 0.3 is 0 Å². The van der Waals surface area contributed by atoms with E-state index in [0.717, 1.165) is 70.7 Å². The predicted octanol–water partition coefficient (Wildman–Crippen LogP) is 11.6. The van der Waals surface area contributed by atoms with Crippen LogP contribution in [0.4, 0.5) is 0 Å². The van der Waals surface area contributed by atoms with Crippen molar-refractivity contribution in [3.05, 3.63) is 119 Å². The second-order valence-electron chi connectivity index (χ2n) is 16.1. The summed E-state index contributed by atoms with van der Waals surface area (Å²) in [7, 11) is 0. The summed E-state index contributed by atoms with van der Waals surface area (Å²) in [6.07, 6.45) is 0. The molecule has 4 bridgehead atoms. The maximum Gasteiger partial charge on any atom is 0.0624 e. The van der Waals surface area contributed by atoms with Crippen molar-refractivity contribution in [1.82, 2.24) is 9.97 Å². The van der Waals surface area contributed by atoms with E-state index in [1.807, 2.05) is 0 Å². The van der Waals surface area contributed by atoms with Crippen molar-refractivity contribution in [2.75, 3.05) is 0 Å². The summed E-state index contributed by atoms with van der Waals surface area (Å²) < 4.78 is 0. The maximum atomic E-state index is 3.73. The summed E-state index contributed by atoms with van der Waals surface area (Å²) >= 11 is 0. The number of hydrogen-bond donors (Lipinski definition) is 2. The van der Waals surface area contributed by atoms with Gasteiger partial charge in [-0.1, -0.05) is 86.6 Å². The second-order valence-corrected chi connectivity index (χ2v) is 16.1. The van der Waals surface area contributed by atoms with Crippen LogP contribution in [0.1, 0.15) is 84.6 Å². The molecular weight excluding hydrogens is 569 g/mol. The van der Waals surface area contributed by atoms with Gasteiger partial charge in [-0.3, -0.25) is 0 Å². The third kappa shape index (κ3) is 5.36. The van der Waals surface area contributed by atoms with Gasteiger partial charge < -0.3 is 9.97 Å². The fraction of sp³-hybridized carbons (Fsp3) is 0.289. The fourth-order valence-electron chi connectivity index (χ4n) is 6.44. The summed E-state index contributed by atoms with van der Waals surface area (Å²) in [6.45, 7) is 22.3. The average molecular weight is 609 g/mol. The molecule has 230 valence electrons. The van der Waals surface area contributed by atoms with Crippen LogP contribution in [0, 0.1) is 55.5 Å². The Morgan fingerprint density at radius 3 is 0.957 bits per heavy atom. The molecule has 47 heavy (non-hydrogen) atoms. The second kappa shape index (κ2) is 10.4. The molecule has 7 aromatic rings. The fourth-order valence-corrected chi connectivity index (χ4v) is 6.44. The van der Waals surface area contributed by atoms with E-state index in [-0.39, 0.29) is 16.2 Å². The number of aromatic amines is 2. The largest absolute Gasteiger partial charge is 0.352 e. The van der Waals surface area contributed by atoms with Crippen LogP contribution < -0.4 is 0 Å². The standard InChI is InChI=1S/C45H40N2/c1-27-19-28-15-11-12-16-30-22-33(44(5,6)7)25-37-38-26-34(45(8,9)10)23-31(42(38)47-41(30)37)18-14-13-17-29-21-32(43(2,3)4)24-36-35(20-27)39(28)46-40(29)36/h19-26,46-47H,1-10H3. The quantitative estimate of drug-likeness (QED) is 0.172. The van der Waals surface area contributed by atoms with Crippen molar-refractivity contribution in [3.63, 3.8) is 0 Å². The summed E-state index contributed by atoms with van der Waals surface area (Å²) in [5.41, 5.74) is 8.74. The lowest BCUT2D eigenvalue weighted by Crippen LogP contribution is -2.11. The zero-order chi connectivity index (χ0) is 33.5. The molecule has 0 aliphatic carbocycles. The van der Waals surface area contributed by atoms with Crippen molar-refractivity contribution < 1.29 is 0 Å². The molecule has 0 aliphatic heterocycles.